The fraction of sp³-hybridized carbons (Fsp3) is 0.417. The second kappa shape index (κ2) is 30.9. The SMILES string of the molecule is CC[C@@H]1CCN(c2ccc(CCNC(=O)c3sc4nc(C)ccc4c3C)cc2Cl)C1.Cc1ccc2c(C)c(C(=O)NCCc3ccc(N4CCC[C@@H](CO)C4)cc3)sc2n1.Cc1ccc2c(C)c(C(=O)NCCc3ccc(N4CCC[C@H](CO)C4)cc3)sc2n1. The Labute approximate surface area is 547 Å². The minimum absolute atomic E-state index is 0.0202. The van der Waals surface area contributed by atoms with Crippen molar-refractivity contribution in [3.63, 3.8) is 0 Å². The standard InChI is InChI=1S/C24H28ClN3OS.2C24H29N3O2S/c1-4-17-10-12-28(14-17)21-8-6-18(13-20(21)25)9-11-26-23(29)22-16(3)19-7-5-15(2)27-24(19)30-22;2*1-16-5-10-21-17(2)22(30-24(21)26-16)23(29)25-12-11-18-6-8-20(9-7-18)27-13-3-4-19(14-27)15-28/h5-8,13,17H,4,9-12,14H2,1-3H3,(H,26,29);2*5-10,19,28H,3-4,11-15H2,1-2H3,(H,25,29)/t17-;2*19-/m110/s1. The van der Waals surface area contributed by atoms with Gasteiger partial charge < -0.3 is 40.9 Å². The van der Waals surface area contributed by atoms with E-state index in [1.807, 2.05) is 84.0 Å². The summed E-state index contributed by atoms with van der Waals surface area (Å²) in [5.41, 5.74) is 13.0. The second-order valence-corrected chi connectivity index (χ2v) is 27.9. The van der Waals surface area contributed by atoms with Crippen LogP contribution in [0.3, 0.4) is 0 Å². The van der Waals surface area contributed by atoms with Crippen molar-refractivity contribution in [2.45, 2.75) is 106 Å². The molecule has 9 aromatic rings. The second-order valence-electron chi connectivity index (χ2n) is 24.5. The molecule has 9 heterocycles. The summed E-state index contributed by atoms with van der Waals surface area (Å²) in [4.78, 5) is 63.8. The molecule has 0 spiro atoms. The maximum atomic E-state index is 12.7. The van der Waals surface area contributed by atoms with Gasteiger partial charge in [0.25, 0.3) is 17.7 Å². The molecule has 18 heteroatoms. The monoisotopic (exact) mass is 1290 g/mol. The lowest BCUT2D eigenvalue weighted by Gasteiger charge is -2.33. The van der Waals surface area contributed by atoms with E-state index < -0.39 is 0 Å². The summed E-state index contributed by atoms with van der Waals surface area (Å²) in [5.74, 6) is 1.46. The van der Waals surface area contributed by atoms with Gasteiger partial charge in [0.2, 0.25) is 0 Å². The fourth-order valence-electron chi connectivity index (χ4n) is 12.4. The van der Waals surface area contributed by atoms with Crippen molar-refractivity contribution in [2.24, 2.45) is 17.8 Å². The molecule has 3 saturated heterocycles. The van der Waals surface area contributed by atoms with Gasteiger partial charge in [-0.05, 0) is 217 Å². The van der Waals surface area contributed by atoms with E-state index in [-0.39, 0.29) is 30.9 Å². The Morgan fingerprint density at radius 1 is 0.489 bits per heavy atom. The molecular formula is C72H86ClN9O5S3. The van der Waals surface area contributed by atoms with Crippen LogP contribution in [0.2, 0.25) is 5.02 Å². The van der Waals surface area contributed by atoms with Crippen LogP contribution >= 0.6 is 45.6 Å². The van der Waals surface area contributed by atoms with E-state index in [4.69, 9.17) is 11.6 Å². The molecule has 0 radical (unpaired) electrons. The van der Waals surface area contributed by atoms with Gasteiger partial charge in [0.1, 0.15) is 14.5 Å². The van der Waals surface area contributed by atoms with E-state index in [1.165, 1.54) is 69.4 Å². The van der Waals surface area contributed by atoms with Crippen molar-refractivity contribution >= 4 is 111 Å². The molecule has 474 valence electrons. The number of fused-ring (bicyclic) bond motifs is 3. The number of halogens is 1. The van der Waals surface area contributed by atoms with Crippen molar-refractivity contribution in [1.82, 2.24) is 30.9 Å². The van der Waals surface area contributed by atoms with Crippen molar-refractivity contribution in [2.75, 3.05) is 86.8 Å². The zero-order chi connectivity index (χ0) is 63.4. The van der Waals surface area contributed by atoms with Crippen molar-refractivity contribution in [3.05, 3.63) is 173 Å². The Hall–Kier alpha value is -6.99. The number of rotatable bonds is 18. The van der Waals surface area contributed by atoms with Gasteiger partial charge in [0.15, 0.2) is 0 Å². The highest BCUT2D eigenvalue weighted by molar-refractivity contribution is 7.21. The largest absolute Gasteiger partial charge is 0.396 e. The highest BCUT2D eigenvalue weighted by Gasteiger charge is 2.25. The number of thiophene rings is 3. The third-order valence-electron chi connectivity index (χ3n) is 17.9. The van der Waals surface area contributed by atoms with Crippen LogP contribution < -0.4 is 30.7 Å². The maximum absolute atomic E-state index is 12.7. The summed E-state index contributed by atoms with van der Waals surface area (Å²) >= 11 is 11.0. The van der Waals surface area contributed by atoms with Gasteiger partial charge >= 0.3 is 0 Å². The van der Waals surface area contributed by atoms with Gasteiger partial charge in [-0.3, -0.25) is 14.4 Å². The van der Waals surface area contributed by atoms with Crippen molar-refractivity contribution in [1.29, 1.82) is 0 Å². The number of carbonyl (C=O) groups excluding carboxylic acids is 3. The fourth-order valence-corrected chi connectivity index (χ4v) is 16.2. The molecule has 0 bridgehead atoms. The molecule has 3 fully saturated rings. The lowest BCUT2D eigenvalue weighted by atomic mass is 9.98. The van der Waals surface area contributed by atoms with E-state index >= 15 is 0 Å². The van der Waals surface area contributed by atoms with Crippen LogP contribution in [-0.2, 0) is 19.3 Å². The number of aryl methyl sites for hydroxylation is 6. The number of aromatic nitrogens is 3. The topological polar surface area (TPSA) is 176 Å². The number of carbonyl (C=O) groups is 3. The van der Waals surface area contributed by atoms with Crippen molar-refractivity contribution < 1.29 is 24.6 Å². The Morgan fingerprint density at radius 3 is 1.23 bits per heavy atom. The average molecular weight is 1290 g/mol. The van der Waals surface area contributed by atoms with Crippen molar-refractivity contribution in [3.8, 4) is 0 Å². The minimum Gasteiger partial charge on any atom is -0.396 e. The van der Waals surface area contributed by atoms with Crippen LogP contribution in [0.25, 0.3) is 30.6 Å². The number of aliphatic hydroxyl groups excluding tert-OH is 2. The molecule has 5 N–H and O–H groups in total. The molecule has 3 aromatic carbocycles. The lowest BCUT2D eigenvalue weighted by Crippen LogP contribution is -2.36. The lowest BCUT2D eigenvalue weighted by molar-refractivity contribution is 0.0949. The van der Waals surface area contributed by atoms with E-state index in [2.05, 4.69) is 113 Å². The molecule has 90 heavy (non-hydrogen) atoms. The Balaban J connectivity index is 0.000000148. The van der Waals surface area contributed by atoms with Crippen LogP contribution in [0, 0.1) is 59.3 Å². The quantitative estimate of drug-likeness (QED) is 0.0553. The van der Waals surface area contributed by atoms with Gasteiger partial charge in [0.05, 0.1) is 25.3 Å². The number of pyridine rings is 3. The summed E-state index contributed by atoms with van der Waals surface area (Å²) in [5, 5.41) is 32.0. The van der Waals surface area contributed by atoms with Crippen LogP contribution in [0.1, 0.15) is 125 Å². The summed E-state index contributed by atoms with van der Waals surface area (Å²) < 4.78 is 0. The van der Waals surface area contributed by atoms with E-state index in [0.29, 0.717) is 31.5 Å². The van der Waals surface area contributed by atoms with Gasteiger partial charge in [-0.15, -0.1) is 34.0 Å². The molecular weight excluding hydrogens is 1200 g/mol. The molecule has 0 unspecified atom stereocenters. The summed E-state index contributed by atoms with van der Waals surface area (Å²) in [7, 11) is 0. The number of nitrogens with zero attached hydrogens (tertiary/aromatic N) is 6. The molecule has 3 aliphatic heterocycles. The minimum atomic E-state index is -0.0291. The number of hydrogen-bond acceptors (Lipinski definition) is 14. The first-order valence-corrected chi connectivity index (χ1v) is 34.8. The summed E-state index contributed by atoms with van der Waals surface area (Å²) in [6.07, 6.45) is 9.30. The maximum Gasteiger partial charge on any atom is 0.261 e. The average Bonchev–Trinajstić information content (AvgIpc) is 2.26. The normalized spacial score (nSPS) is 16.6. The zero-order valence-electron chi connectivity index (χ0n) is 53.1. The van der Waals surface area contributed by atoms with Gasteiger partial charge in [-0.1, -0.05) is 55.3 Å². The van der Waals surface area contributed by atoms with Gasteiger partial charge in [-0.25, -0.2) is 15.0 Å². The number of benzene rings is 3. The zero-order valence-corrected chi connectivity index (χ0v) is 56.3. The van der Waals surface area contributed by atoms with E-state index in [0.717, 1.165) is 185 Å². The number of nitrogens with one attached hydrogen (secondary N) is 3. The number of hydrogen-bond donors (Lipinski definition) is 5. The third kappa shape index (κ3) is 16.4. The van der Waals surface area contributed by atoms with Gasteiger partial charge in [0, 0.05) is 117 Å². The molecule has 12 rings (SSSR count). The molecule has 14 nitrogen and oxygen atoms in total. The van der Waals surface area contributed by atoms with E-state index in [1.54, 1.807) is 0 Å². The highest BCUT2D eigenvalue weighted by Crippen LogP contribution is 2.35. The highest BCUT2D eigenvalue weighted by atomic mass is 35.5. The van der Waals surface area contributed by atoms with Crippen LogP contribution in [0.4, 0.5) is 17.1 Å². The predicted molar refractivity (Wildman–Crippen MR) is 374 cm³/mol. The molecule has 0 saturated carbocycles. The number of amides is 3. The van der Waals surface area contributed by atoms with Crippen LogP contribution in [0.15, 0.2) is 103 Å². The number of anilines is 3. The predicted octanol–water partition coefficient (Wildman–Crippen LogP) is 14.0. The molecule has 3 atom stereocenters. The molecule has 3 aliphatic rings. The first-order valence-electron chi connectivity index (χ1n) is 31.9. The Kier molecular flexibility index (Phi) is 22.6. The first kappa shape index (κ1) is 65.9. The molecule has 0 aliphatic carbocycles. The van der Waals surface area contributed by atoms with Gasteiger partial charge in [-0.2, -0.15) is 0 Å². The first-order chi connectivity index (χ1) is 43.5. The Bertz CT molecular complexity index is 3770. The number of aliphatic hydroxyl groups is 2. The Morgan fingerprint density at radius 2 is 0.867 bits per heavy atom. The molecule has 3 amide bonds. The number of piperidine rings is 2. The summed E-state index contributed by atoms with van der Waals surface area (Å²) in [6, 6.07) is 35.6. The summed E-state index contributed by atoms with van der Waals surface area (Å²) in [6.45, 7) is 22.6. The third-order valence-corrected chi connectivity index (χ3v) is 21.8. The van der Waals surface area contributed by atoms with Crippen LogP contribution in [-0.4, -0.2) is 115 Å². The van der Waals surface area contributed by atoms with E-state index in [9.17, 15) is 24.6 Å². The molecule has 6 aromatic heterocycles. The van der Waals surface area contributed by atoms with Crippen LogP contribution in [0.5, 0.6) is 0 Å². The smallest absolute Gasteiger partial charge is 0.261 e.